The van der Waals surface area contributed by atoms with Gasteiger partial charge in [0, 0.05) is 3.57 Å². The van der Waals surface area contributed by atoms with E-state index in [1.807, 2.05) is 19.1 Å². The van der Waals surface area contributed by atoms with Gasteiger partial charge in [-0.25, -0.2) is 10.2 Å². The summed E-state index contributed by atoms with van der Waals surface area (Å²) in [4.78, 5) is 24.4. The third-order valence-electron chi connectivity index (χ3n) is 3.99. The van der Waals surface area contributed by atoms with Crippen LogP contribution in [0.5, 0.6) is 11.5 Å². The molecule has 0 fully saturated rings. The quantitative estimate of drug-likeness (QED) is 0.164. The third-order valence-corrected chi connectivity index (χ3v) is 4.93. The van der Waals surface area contributed by atoms with E-state index in [0.717, 1.165) is 9.13 Å². The van der Waals surface area contributed by atoms with Gasteiger partial charge in [0.25, 0.3) is 5.91 Å². The maximum absolute atomic E-state index is 12.2. The first-order chi connectivity index (χ1) is 14.6. The van der Waals surface area contributed by atoms with Crippen molar-refractivity contribution in [3.63, 3.8) is 0 Å². The average molecular weight is 514 g/mol. The smallest absolute Gasteiger partial charge is 0.343 e. The van der Waals surface area contributed by atoms with E-state index in [4.69, 9.17) is 9.47 Å². The van der Waals surface area contributed by atoms with E-state index in [9.17, 15) is 9.59 Å². The van der Waals surface area contributed by atoms with Crippen LogP contribution < -0.4 is 14.9 Å². The van der Waals surface area contributed by atoms with Crippen LogP contribution in [0, 0.1) is 3.57 Å². The normalized spacial score (nSPS) is 10.6. The summed E-state index contributed by atoms with van der Waals surface area (Å²) in [6.45, 7) is 2.46. The number of esters is 1. The highest BCUT2D eigenvalue weighted by Crippen LogP contribution is 2.16. The molecule has 0 aliphatic heterocycles. The standard InChI is InChI=1S/C23H19IN2O4/c1-2-29-18-13-9-17(10-14-18)23(28)30-19-11-7-16(8-12-19)15-25-26-22(27)20-5-3-4-6-21(20)24/h3-15H,2H2,1H3,(H,26,27)/b25-15-. The summed E-state index contributed by atoms with van der Waals surface area (Å²) in [5, 5.41) is 3.97. The molecule has 6 nitrogen and oxygen atoms in total. The van der Waals surface area contributed by atoms with Gasteiger partial charge in [-0.15, -0.1) is 0 Å². The minimum atomic E-state index is -0.454. The number of carbonyl (C=O) groups excluding carboxylic acids is 2. The summed E-state index contributed by atoms with van der Waals surface area (Å²) in [5.41, 5.74) is 4.24. The Morgan fingerprint density at radius 3 is 2.30 bits per heavy atom. The lowest BCUT2D eigenvalue weighted by Gasteiger charge is -2.06. The van der Waals surface area contributed by atoms with Crippen LogP contribution in [0.15, 0.2) is 77.9 Å². The second-order valence-electron chi connectivity index (χ2n) is 6.09. The van der Waals surface area contributed by atoms with Crippen LogP contribution >= 0.6 is 22.6 Å². The second-order valence-corrected chi connectivity index (χ2v) is 7.26. The lowest BCUT2D eigenvalue weighted by Crippen LogP contribution is -2.18. The molecule has 152 valence electrons. The topological polar surface area (TPSA) is 77.0 Å². The van der Waals surface area contributed by atoms with Crippen LogP contribution in [0.2, 0.25) is 0 Å². The number of ether oxygens (including phenoxy) is 2. The highest BCUT2D eigenvalue weighted by atomic mass is 127. The Bertz CT molecular complexity index is 1050. The summed E-state index contributed by atoms with van der Waals surface area (Å²) in [6.07, 6.45) is 1.52. The Labute approximate surface area is 188 Å². The third kappa shape index (κ3) is 5.90. The van der Waals surface area contributed by atoms with Crippen LogP contribution in [-0.2, 0) is 0 Å². The number of hydrogen-bond donors (Lipinski definition) is 1. The molecule has 0 aliphatic rings. The van der Waals surface area contributed by atoms with Gasteiger partial charge in [0.1, 0.15) is 11.5 Å². The van der Waals surface area contributed by atoms with Gasteiger partial charge >= 0.3 is 5.97 Å². The molecule has 0 radical (unpaired) electrons. The van der Waals surface area contributed by atoms with Crippen molar-refractivity contribution in [2.24, 2.45) is 5.10 Å². The molecule has 30 heavy (non-hydrogen) atoms. The summed E-state index contributed by atoms with van der Waals surface area (Å²) in [6, 6.07) is 20.8. The van der Waals surface area contributed by atoms with E-state index in [2.05, 4.69) is 33.1 Å². The maximum Gasteiger partial charge on any atom is 0.343 e. The van der Waals surface area contributed by atoms with Crippen LogP contribution in [0.4, 0.5) is 0 Å². The number of nitrogens with zero attached hydrogens (tertiary/aromatic N) is 1. The first-order valence-corrected chi connectivity index (χ1v) is 10.3. The monoisotopic (exact) mass is 514 g/mol. The molecule has 0 atom stereocenters. The Morgan fingerprint density at radius 1 is 0.967 bits per heavy atom. The van der Waals surface area contributed by atoms with Crippen molar-refractivity contribution in [2.75, 3.05) is 6.61 Å². The molecule has 3 rings (SSSR count). The van der Waals surface area contributed by atoms with Gasteiger partial charge in [-0.05, 0) is 95.7 Å². The zero-order valence-corrected chi connectivity index (χ0v) is 18.3. The lowest BCUT2D eigenvalue weighted by atomic mass is 10.2. The molecular formula is C23H19IN2O4. The van der Waals surface area contributed by atoms with Crippen molar-refractivity contribution in [2.45, 2.75) is 6.92 Å². The molecule has 0 aromatic heterocycles. The number of amides is 1. The number of rotatable bonds is 7. The van der Waals surface area contributed by atoms with E-state index in [1.54, 1.807) is 60.7 Å². The van der Waals surface area contributed by atoms with E-state index >= 15 is 0 Å². The van der Waals surface area contributed by atoms with Crippen molar-refractivity contribution < 1.29 is 19.1 Å². The van der Waals surface area contributed by atoms with Crippen molar-refractivity contribution in [1.82, 2.24) is 5.43 Å². The molecule has 3 aromatic rings. The van der Waals surface area contributed by atoms with Crippen LogP contribution in [-0.4, -0.2) is 24.7 Å². The Morgan fingerprint density at radius 2 is 1.63 bits per heavy atom. The van der Waals surface area contributed by atoms with E-state index in [1.165, 1.54) is 6.21 Å². The molecular weight excluding hydrogens is 495 g/mol. The molecule has 0 aliphatic carbocycles. The number of benzene rings is 3. The van der Waals surface area contributed by atoms with Crippen LogP contribution in [0.1, 0.15) is 33.2 Å². The zero-order valence-electron chi connectivity index (χ0n) is 16.2. The number of hydrogen-bond acceptors (Lipinski definition) is 5. The lowest BCUT2D eigenvalue weighted by molar-refractivity contribution is 0.0734. The molecule has 3 aromatic carbocycles. The first kappa shape index (κ1) is 21.5. The molecule has 0 saturated carbocycles. The Balaban J connectivity index is 1.55. The minimum absolute atomic E-state index is 0.280. The van der Waals surface area contributed by atoms with Crippen molar-refractivity contribution in [1.29, 1.82) is 0 Å². The number of hydrazone groups is 1. The predicted molar refractivity (Wildman–Crippen MR) is 123 cm³/mol. The molecule has 0 spiro atoms. The average Bonchev–Trinajstić information content (AvgIpc) is 2.76. The highest BCUT2D eigenvalue weighted by Gasteiger charge is 2.09. The van der Waals surface area contributed by atoms with E-state index in [0.29, 0.717) is 29.2 Å². The molecule has 1 N–H and O–H groups in total. The Hall–Kier alpha value is -3.20. The summed E-state index contributed by atoms with van der Waals surface area (Å²) in [5.74, 6) is 0.377. The number of nitrogens with one attached hydrogen (secondary N) is 1. The van der Waals surface area contributed by atoms with Crippen molar-refractivity contribution >= 4 is 40.7 Å². The van der Waals surface area contributed by atoms with Crippen molar-refractivity contribution in [3.8, 4) is 11.5 Å². The molecule has 0 saturated heterocycles. The second kappa shape index (κ2) is 10.5. The molecule has 0 unspecified atom stereocenters. The number of halogens is 1. The fraction of sp³-hybridized carbons (Fsp3) is 0.0870. The van der Waals surface area contributed by atoms with Gasteiger partial charge in [-0.2, -0.15) is 5.10 Å². The summed E-state index contributed by atoms with van der Waals surface area (Å²) >= 11 is 2.10. The molecule has 1 amide bonds. The fourth-order valence-electron chi connectivity index (χ4n) is 2.51. The fourth-order valence-corrected chi connectivity index (χ4v) is 3.15. The van der Waals surface area contributed by atoms with Gasteiger partial charge < -0.3 is 9.47 Å². The maximum atomic E-state index is 12.2. The predicted octanol–water partition coefficient (Wildman–Crippen LogP) is 4.67. The van der Waals surface area contributed by atoms with Gasteiger partial charge in [0.15, 0.2) is 0 Å². The van der Waals surface area contributed by atoms with Gasteiger partial charge in [0.2, 0.25) is 0 Å². The van der Waals surface area contributed by atoms with Gasteiger partial charge in [-0.3, -0.25) is 4.79 Å². The largest absolute Gasteiger partial charge is 0.494 e. The van der Waals surface area contributed by atoms with E-state index in [-0.39, 0.29) is 5.91 Å². The minimum Gasteiger partial charge on any atom is -0.494 e. The van der Waals surface area contributed by atoms with E-state index < -0.39 is 5.97 Å². The molecule has 0 bridgehead atoms. The number of carbonyl (C=O) groups is 2. The highest BCUT2D eigenvalue weighted by molar-refractivity contribution is 14.1. The van der Waals surface area contributed by atoms with Crippen LogP contribution in [0.3, 0.4) is 0 Å². The van der Waals surface area contributed by atoms with Gasteiger partial charge in [0.05, 0.1) is 23.9 Å². The first-order valence-electron chi connectivity index (χ1n) is 9.20. The van der Waals surface area contributed by atoms with Gasteiger partial charge in [-0.1, -0.05) is 12.1 Å². The molecule has 7 heteroatoms. The SMILES string of the molecule is CCOc1ccc(C(=O)Oc2ccc(/C=N\NC(=O)c3ccccc3I)cc2)cc1. The summed E-state index contributed by atoms with van der Waals surface area (Å²) in [7, 11) is 0. The van der Waals surface area contributed by atoms with Crippen molar-refractivity contribution in [3.05, 3.63) is 93.1 Å². The zero-order chi connectivity index (χ0) is 21.3. The summed E-state index contributed by atoms with van der Waals surface area (Å²) < 4.78 is 11.6. The van der Waals surface area contributed by atoms with Crippen LogP contribution in [0.25, 0.3) is 0 Å². The Kier molecular flexibility index (Phi) is 7.56. The molecule has 0 heterocycles.